The summed E-state index contributed by atoms with van der Waals surface area (Å²) in [5, 5.41) is 42.4. The minimum atomic E-state index is -3.56. The Labute approximate surface area is 109 Å². The second-order valence-corrected chi connectivity index (χ2v) is 3.39. The van der Waals surface area contributed by atoms with Gasteiger partial charge in [-0.1, -0.05) is 12.1 Å². The molecule has 0 bridgehead atoms. The van der Waals surface area contributed by atoms with Gasteiger partial charge in [-0.2, -0.15) is 5.32 Å². The SMILES string of the molecule is O=C(O)NC(c1ccccc1[N+](=O)[O-])([N+](=O)[O-])[N+](=O)[O-]. The second-order valence-electron chi connectivity index (χ2n) is 3.39. The molecule has 0 saturated heterocycles. The summed E-state index contributed by atoms with van der Waals surface area (Å²) in [4.78, 5) is 39.2. The van der Waals surface area contributed by atoms with E-state index in [-0.39, 0.29) is 0 Å². The third-order valence-electron chi connectivity index (χ3n) is 2.29. The fraction of sp³-hybridized carbons (Fsp3) is 0.125. The first-order valence-electron chi connectivity index (χ1n) is 4.77. The number of amides is 1. The number of carboxylic acid groups (broad SMARTS) is 1. The minimum Gasteiger partial charge on any atom is -0.465 e. The average molecular weight is 286 g/mol. The van der Waals surface area contributed by atoms with Crippen molar-refractivity contribution in [1.82, 2.24) is 5.32 Å². The number of nitro benzene ring substituents is 1. The number of nitrogens with zero attached hydrogens (tertiary/aromatic N) is 3. The first kappa shape index (κ1) is 14.7. The van der Waals surface area contributed by atoms with Crippen molar-refractivity contribution in [3.05, 3.63) is 60.2 Å². The zero-order valence-electron chi connectivity index (χ0n) is 9.46. The first-order chi connectivity index (χ1) is 9.23. The van der Waals surface area contributed by atoms with Crippen LogP contribution in [0, 0.1) is 30.3 Å². The van der Waals surface area contributed by atoms with Crippen LogP contribution in [0.1, 0.15) is 5.56 Å². The lowest BCUT2D eigenvalue weighted by atomic mass is 10.1. The lowest BCUT2D eigenvalue weighted by Crippen LogP contribution is -2.57. The third-order valence-corrected chi connectivity index (χ3v) is 2.29. The molecular formula is C8H6N4O8. The van der Waals surface area contributed by atoms with Crippen LogP contribution < -0.4 is 5.32 Å². The van der Waals surface area contributed by atoms with E-state index in [1.54, 1.807) is 0 Å². The zero-order valence-corrected chi connectivity index (χ0v) is 9.46. The van der Waals surface area contributed by atoms with Crippen LogP contribution >= 0.6 is 0 Å². The fourth-order valence-corrected chi connectivity index (χ4v) is 1.50. The van der Waals surface area contributed by atoms with Gasteiger partial charge in [-0.05, 0) is 6.07 Å². The van der Waals surface area contributed by atoms with Crippen molar-refractivity contribution in [1.29, 1.82) is 0 Å². The Balaban J connectivity index is 3.69. The lowest BCUT2D eigenvalue weighted by Gasteiger charge is -2.16. The van der Waals surface area contributed by atoms with E-state index in [0.29, 0.717) is 0 Å². The van der Waals surface area contributed by atoms with Gasteiger partial charge in [0.05, 0.1) is 4.92 Å². The van der Waals surface area contributed by atoms with E-state index in [2.05, 4.69) is 0 Å². The van der Waals surface area contributed by atoms with E-state index >= 15 is 0 Å². The molecule has 0 saturated carbocycles. The smallest absolute Gasteiger partial charge is 0.465 e. The summed E-state index contributed by atoms with van der Waals surface area (Å²) in [6.07, 6.45) is -2.07. The van der Waals surface area contributed by atoms with Crippen molar-refractivity contribution in [3.63, 3.8) is 0 Å². The number of benzene rings is 1. The molecule has 0 atom stereocenters. The standard InChI is InChI=1S/C8H6N4O8/c13-7(14)9-8(11(17)18,12(19)20)5-3-1-2-4-6(5)10(15)16/h1-4,9H,(H,13,14). The van der Waals surface area contributed by atoms with Crippen molar-refractivity contribution >= 4 is 11.8 Å². The molecule has 12 heteroatoms. The highest BCUT2D eigenvalue weighted by Crippen LogP contribution is 2.31. The summed E-state index contributed by atoms with van der Waals surface area (Å²) >= 11 is 0. The monoisotopic (exact) mass is 286 g/mol. The van der Waals surface area contributed by atoms with E-state index in [1.165, 1.54) is 0 Å². The molecule has 0 aliphatic heterocycles. The van der Waals surface area contributed by atoms with Crippen LogP contribution in [0.2, 0.25) is 0 Å². The van der Waals surface area contributed by atoms with Gasteiger partial charge in [0.2, 0.25) is 5.56 Å². The number of rotatable bonds is 5. The maximum Gasteiger partial charge on any atom is 0.580 e. The molecule has 0 fully saturated rings. The van der Waals surface area contributed by atoms with Crippen LogP contribution in [0.3, 0.4) is 0 Å². The van der Waals surface area contributed by atoms with Crippen molar-refractivity contribution in [2.24, 2.45) is 0 Å². The average Bonchev–Trinajstić information content (AvgIpc) is 2.34. The molecule has 20 heavy (non-hydrogen) atoms. The Bertz CT molecular complexity index is 586. The van der Waals surface area contributed by atoms with E-state index in [0.717, 1.165) is 29.6 Å². The number of nitrogens with one attached hydrogen (secondary N) is 1. The van der Waals surface area contributed by atoms with Gasteiger partial charge in [0, 0.05) is 6.07 Å². The van der Waals surface area contributed by atoms with Crippen LogP contribution in [0.15, 0.2) is 24.3 Å². The molecule has 1 amide bonds. The molecule has 1 aromatic rings. The molecule has 0 aromatic heterocycles. The van der Waals surface area contributed by atoms with Gasteiger partial charge < -0.3 is 5.11 Å². The van der Waals surface area contributed by atoms with Crippen molar-refractivity contribution in [2.75, 3.05) is 0 Å². The minimum absolute atomic E-state index is 0.736. The van der Waals surface area contributed by atoms with Gasteiger partial charge in [0.25, 0.3) is 5.69 Å². The molecule has 12 nitrogen and oxygen atoms in total. The molecule has 0 heterocycles. The van der Waals surface area contributed by atoms with Gasteiger partial charge >= 0.3 is 11.9 Å². The van der Waals surface area contributed by atoms with Gasteiger partial charge in [-0.25, -0.2) is 4.79 Å². The molecule has 0 aliphatic rings. The Morgan fingerprint density at radius 3 is 2.00 bits per heavy atom. The van der Waals surface area contributed by atoms with E-state index in [4.69, 9.17) is 5.11 Å². The molecule has 0 spiro atoms. The molecule has 2 N–H and O–H groups in total. The van der Waals surface area contributed by atoms with E-state index < -0.39 is 37.9 Å². The van der Waals surface area contributed by atoms with Crippen molar-refractivity contribution < 1.29 is 24.7 Å². The summed E-state index contributed by atoms with van der Waals surface area (Å²) in [7, 11) is 0. The molecule has 0 aliphatic carbocycles. The van der Waals surface area contributed by atoms with Gasteiger partial charge in [0.1, 0.15) is 9.85 Å². The van der Waals surface area contributed by atoms with Crippen LogP contribution in [0.5, 0.6) is 0 Å². The zero-order chi connectivity index (χ0) is 15.5. The van der Waals surface area contributed by atoms with Gasteiger partial charge in [-0.3, -0.25) is 30.3 Å². The predicted molar refractivity (Wildman–Crippen MR) is 59.9 cm³/mol. The van der Waals surface area contributed by atoms with Crippen LogP contribution in [-0.2, 0) is 5.79 Å². The van der Waals surface area contributed by atoms with E-state index in [9.17, 15) is 35.1 Å². The van der Waals surface area contributed by atoms with Crippen molar-refractivity contribution in [2.45, 2.75) is 5.79 Å². The molecule has 1 rings (SSSR count). The third kappa shape index (κ3) is 2.29. The summed E-state index contributed by atoms with van der Waals surface area (Å²) in [5.41, 5.74) is -1.95. The van der Waals surface area contributed by atoms with Crippen LogP contribution in [-0.4, -0.2) is 26.0 Å². The maximum absolute atomic E-state index is 11.0. The second kappa shape index (κ2) is 5.13. The van der Waals surface area contributed by atoms with Crippen LogP contribution in [0.25, 0.3) is 0 Å². The number of carbonyl (C=O) groups is 1. The summed E-state index contributed by atoms with van der Waals surface area (Å²) in [6.45, 7) is 0. The normalized spacial score (nSPS) is 10.6. The van der Waals surface area contributed by atoms with Gasteiger partial charge in [0.15, 0.2) is 0 Å². The highest BCUT2D eigenvalue weighted by Gasteiger charge is 2.63. The highest BCUT2D eigenvalue weighted by molar-refractivity contribution is 5.66. The topological polar surface area (TPSA) is 179 Å². The highest BCUT2D eigenvalue weighted by atomic mass is 16.7. The Kier molecular flexibility index (Phi) is 3.78. The van der Waals surface area contributed by atoms with Gasteiger partial charge in [-0.15, -0.1) is 0 Å². The quantitative estimate of drug-likeness (QED) is 0.446. The lowest BCUT2D eigenvalue weighted by molar-refractivity contribution is -0.816. The summed E-state index contributed by atoms with van der Waals surface area (Å²) in [5.74, 6) is -3.56. The Hall–Kier alpha value is -3.31. The largest absolute Gasteiger partial charge is 0.580 e. The Morgan fingerprint density at radius 2 is 1.60 bits per heavy atom. The summed E-state index contributed by atoms with van der Waals surface area (Å²) < 4.78 is 0. The predicted octanol–water partition coefficient (Wildman–Crippen LogP) is 0.526. The summed E-state index contributed by atoms with van der Waals surface area (Å²) in [6, 6.07) is 3.74. The molecule has 1 aromatic carbocycles. The van der Waals surface area contributed by atoms with Crippen molar-refractivity contribution in [3.8, 4) is 0 Å². The van der Waals surface area contributed by atoms with E-state index in [1.807, 2.05) is 0 Å². The molecule has 106 valence electrons. The first-order valence-corrected chi connectivity index (χ1v) is 4.77. The molecule has 0 unspecified atom stereocenters. The number of hydrogen-bond donors (Lipinski definition) is 2. The maximum atomic E-state index is 11.0. The fourth-order valence-electron chi connectivity index (χ4n) is 1.50. The number of nitro groups is 3. The number of hydrogen-bond acceptors (Lipinski definition) is 7. The molecule has 0 radical (unpaired) electrons. The Morgan fingerprint density at radius 1 is 1.10 bits per heavy atom. The number of para-hydroxylation sites is 1. The molecular weight excluding hydrogens is 280 g/mol. The van der Waals surface area contributed by atoms with Crippen LogP contribution in [0.4, 0.5) is 10.5 Å².